The smallest absolute Gasteiger partial charge is 0.242 e. The van der Waals surface area contributed by atoms with E-state index in [2.05, 4.69) is 0 Å². The van der Waals surface area contributed by atoms with Gasteiger partial charge in [-0.3, -0.25) is 4.79 Å². The van der Waals surface area contributed by atoms with E-state index in [1.54, 1.807) is 12.1 Å². The van der Waals surface area contributed by atoms with Gasteiger partial charge in [-0.05, 0) is 36.2 Å². The van der Waals surface area contributed by atoms with Gasteiger partial charge >= 0.3 is 0 Å². The summed E-state index contributed by atoms with van der Waals surface area (Å²) < 4.78 is 13.3. The number of anilines is 1. The quantitative estimate of drug-likeness (QED) is 0.782. The number of benzene rings is 2. The SMILES string of the molecule is Cc1ccccc1CN(C(=O)CCl)c1cccc(F)c1. The van der Waals surface area contributed by atoms with Crippen molar-refractivity contribution in [1.82, 2.24) is 0 Å². The van der Waals surface area contributed by atoms with Gasteiger partial charge in [0.15, 0.2) is 0 Å². The van der Waals surface area contributed by atoms with Crippen molar-refractivity contribution in [2.75, 3.05) is 10.8 Å². The number of carbonyl (C=O) groups excluding carboxylic acids is 1. The average molecular weight is 292 g/mol. The van der Waals surface area contributed by atoms with Gasteiger partial charge in [-0.15, -0.1) is 11.6 Å². The fraction of sp³-hybridized carbons (Fsp3) is 0.188. The normalized spacial score (nSPS) is 10.3. The Balaban J connectivity index is 2.34. The molecule has 2 nitrogen and oxygen atoms in total. The zero-order valence-corrected chi connectivity index (χ0v) is 11.9. The molecule has 0 saturated carbocycles. The maximum absolute atomic E-state index is 13.3. The molecule has 1 amide bonds. The van der Waals surface area contributed by atoms with Crippen molar-refractivity contribution >= 4 is 23.2 Å². The molecule has 2 aromatic carbocycles. The Bertz CT molecular complexity index is 615. The fourth-order valence-electron chi connectivity index (χ4n) is 2.00. The van der Waals surface area contributed by atoms with E-state index >= 15 is 0 Å². The summed E-state index contributed by atoms with van der Waals surface area (Å²) in [5.74, 6) is -0.761. The van der Waals surface area contributed by atoms with Gasteiger partial charge in [0.2, 0.25) is 5.91 Å². The van der Waals surface area contributed by atoms with E-state index in [9.17, 15) is 9.18 Å². The number of hydrogen-bond acceptors (Lipinski definition) is 1. The molecule has 0 radical (unpaired) electrons. The highest BCUT2D eigenvalue weighted by molar-refractivity contribution is 6.29. The summed E-state index contributed by atoms with van der Waals surface area (Å²) in [5.41, 5.74) is 2.60. The molecule has 0 heterocycles. The maximum atomic E-state index is 13.3. The molecule has 0 aliphatic rings. The van der Waals surface area contributed by atoms with Crippen molar-refractivity contribution in [3.63, 3.8) is 0 Å². The lowest BCUT2D eigenvalue weighted by Crippen LogP contribution is -2.31. The second-order valence-corrected chi connectivity index (χ2v) is 4.79. The third kappa shape index (κ3) is 3.36. The van der Waals surface area contributed by atoms with Gasteiger partial charge < -0.3 is 4.90 Å². The van der Waals surface area contributed by atoms with Crippen LogP contribution in [0, 0.1) is 12.7 Å². The van der Waals surface area contributed by atoms with E-state index < -0.39 is 0 Å². The molecule has 0 aliphatic carbocycles. The van der Waals surface area contributed by atoms with Crippen molar-refractivity contribution in [3.8, 4) is 0 Å². The molecule has 0 N–H and O–H groups in total. The number of aryl methyl sites for hydroxylation is 1. The van der Waals surface area contributed by atoms with E-state index in [1.165, 1.54) is 17.0 Å². The highest BCUT2D eigenvalue weighted by Gasteiger charge is 2.16. The van der Waals surface area contributed by atoms with Gasteiger partial charge in [-0.2, -0.15) is 0 Å². The number of nitrogens with zero attached hydrogens (tertiary/aromatic N) is 1. The summed E-state index contributed by atoms with van der Waals surface area (Å²) in [4.78, 5) is 13.5. The lowest BCUT2D eigenvalue weighted by molar-refractivity contribution is -0.116. The van der Waals surface area contributed by atoms with Crippen LogP contribution >= 0.6 is 11.6 Å². The van der Waals surface area contributed by atoms with Gasteiger partial charge in [0.05, 0.1) is 6.54 Å². The number of rotatable bonds is 4. The highest BCUT2D eigenvalue weighted by Crippen LogP contribution is 2.20. The van der Waals surface area contributed by atoms with Crippen LogP contribution in [0.2, 0.25) is 0 Å². The Labute approximate surface area is 122 Å². The lowest BCUT2D eigenvalue weighted by Gasteiger charge is -2.23. The van der Waals surface area contributed by atoms with Crippen molar-refractivity contribution < 1.29 is 9.18 Å². The molecule has 2 aromatic rings. The molecule has 0 unspecified atom stereocenters. The molecular formula is C16H15ClFNO. The van der Waals surface area contributed by atoms with Crippen molar-refractivity contribution in [2.45, 2.75) is 13.5 Å². The Morgan fingerprint density at radius 2 is 1.95 bits per heavy atom. The first kappa shape index (κ1) is 14.5. The van der Waals surface area contributed by atoms with Gasteiger partial charge in [0.1, 0.15) is 11.7 Å². The fourth-order valence-corrected chi connectivity index (χ4v) is 2.14. The van der Waals surface area contributed by atoms with Crippen LogP contribution in [0.5, 0.6) is 0 Å². The van der Waals surface area contributed by atoms with E-state index in [-0.39, 0.29) is 17.6 Å². The summed E-state index contributed by atoms with van der Waals surface area (Å²) in [6.07, 6.45) is 0. The first-order valence-corrected chi connectivity index (χ1v) is 6.81. The van der Waals surface area contributed by atoms with Crippen molar-refractivity contribution in [3.05, 3.63) is 65.5 Å². The van der Waals surface area contributed by atoms with Crippen LogP contribution in [-0.2, 0) is 11.3 Å². The van der Waals surface area contributed by atoms with Crippen LogP contribution in [0.4, 0.5) is 10.1 Å². The zero-order chi connectivity index (χ0) is 14.5. The molecule has 4 heteroatoms. The van der Waals surface area contributed by atoms with Crippen LogP contribution in [-0.4, -0.2) is 11.8 Å². The average Bonchev–Trinajstić information content (AvgIpc) is 2.45. The topological polar surface area (TPSA) is 20.3 Å². The number of carbonyl (C=O) groups is 1. The minimum Gasteiger partial charge on any atom is -0.307 e. The first-order valence-electron chi connectivity index (χ1n) is 6.28. The minimum atomic E-state index is -0.375. The standard InChI is InChI=1S/C16H15ClFNO/c1-12-5-2-3-6-13(12)11-19(16(20)10-17)15-8-4-7-14(18)9-15/h2-9H,10-11H2,1H3. The Kier molecular flexibility index (Phi) is 4.74. The van der Waals surface area contributed by atoms with E-state index in [0.29, 0.717) is 12.2 Å². The molecule has 0 fully saturated rings. The molecule has 0 atom stereocenters. The highest BCUT2D eigenvalue weighted by atomic mass is 35.5. The summed E-state index contributed by atoms with van der Waals surface area (Å²) in [6.45, 7) is 2.35. The van der Waals surface area contributed by atoms with E-state index in [1.807, 2.05) is 31.2 Å². The van der Waals surface area contributed by atoms with E-state index in [0.717, 1.165) is 11.1 Å². The van der Waals surface area contributed by atoms with Crippen LogP contribution in [0.1, 0.15) is 11.1 Å². The Hall–Kier alpha value is -1.87. The van der Waals surface area contributed by atoms with Gasteiger partial charge in [0, 0.05) is 5.69 Å². The summed E-state index contributed by atoms with van der Waals surface area (Å²) in [7, 11) is 0. The van der Waals surface area contributed by atoms with Gasteiger partial charge in [-0.1, -0.05) is 30.3 Å². The second-order valence-electron chi connectivity index (χ2n) is 4.52. The van der Waals surface area contributed by atoms with Crippen LogP contribution in [0.25, 0.3) is 0 Å². The Morgan fingerprint density at radius 1 is 1.20 bits per heavy atom. The van der Waals surface area contributed by atoms with Crippen LogP contribution in [0.3, 0.4) is 0 Å². The van der Waals surface area contributed by atoms with Crippen LogP contribution in [0.15, 0.2) is 48.5 Å². The summed E-state index contributed by atoms with van der Waals surface area (Å²) in [6, 6.07) is 13.7. The third-order valence-electron chi connectivity index (χ3n) is 3.12. The summed E-state index contributed by atoms with van der Waals surface area (Å²) >= 11 is 5.66. The largest absolute Gasteiger partial charge is 0.307 e. The molecule has 0 spiro atoms. The predicted octanol–water partition coefficient (Wildman–Crippen LogP) is 3.91. The molecule has 0 bridgehead atoms. The monoisotopic (exact) mass is 291 g/mol. The summed E-state index contributed by atoms with van der Waals surface area (Å²) in [5, 5.41) is 0. The third-order valence-corrected chi connectivity index (χ3v) is 3.35. The zero-order valence-electron chi connectivity index (χ0n) is 11.1. The molecular weight excluding hydrogens is 277 g/mol. The maximum Gasteiger partial charge on any atom is 0.242 e. The first-order chi connectivity index (χ1) is 9.61. The molecule has 0 aliphatic heterocycles. The minimum absolute atomic E-state index is 0.137. The molecule has 0 saturated heterocycles. The van der Waals surface area contributed by atoms with Gasteiger partial charge in [-0.25, -0.2) is 4.39 Å². The Morgan fingerprint density at radius 3 is 2.60 bits per heavy atom. The lowest BCUT2D eigenvalue weighted by atomic mass is 10.1. The van der Waals surface area contributed by atoms with Crippen LogP contribution < -0.4 is 4.90 Å². The molecule has 0 aromatic heterocycles. The molecule has 20 heavy (non-hydrogen) atoms. The number of halogens is 2. The van der Waals surface area contributed by atoms with E-state index in [4.69, 9.17) is 11.6 Å². The van der Waals surface area contributed by atoms with Crippen molar-refractivity contribution in [1.29, 1.82) is 0 Å². The number of amides is 1. The predicted molar refractivity (Wildman–Crippen MR) is 79.5 cm³/mol. The van der Waals surface area contributed by atoms with Gasteiger partial charge in [0.25, 0.3) is 0 Å². The number of hydrogen-bond donors (Lipinski definition) is 0. The van der Waals surface area contributed by atoms with Crippen molar-refractivity contribution in [2.24, 2.45) is 0 Å². The second kappa shape index (κ2) is 6.53. The number of alkyl halides is 1. The molecule has 104 valence electrons. The molecule has 2 rings (SSSR count).